The van der Waals surface area contributed by atoms with Gasteiger partial charge in [0.15, 0.2) is 5.82 Å². The predicted octanol–water partition coefficient (Wildman–Crippen LogP) is 15.5. The Kier molecular flexibility index (Phi) is 8.86. The quantitative estimate of drug-likeness (QED) is 0.175. The highest BCUT2D eigenvalue weighted by Gasteiger charge is 2.19. The van der Waals surface area contributed by atoms with Crippen LogP contribution < -0.4 is 0 Å². The van der Waals surface area contributed by atoms with E-state index in [0.29, 0.717) is 0 Å². The number of hydrogen-bond acceptors (Lipinski definition) is 4. The topological polar surface area (TPSA) is 25.8 Å². The summed E-state index contributed by atoms with van der Waals surface area (Å²) in [5, 5.41) is 6.25. The molecule has 4 heteroatoms. The summed E-state index contributed by atoms with van der Waals surface area (Å²) in [4.78, 5) is 12.2. The third kappa shape index (κ3) is 6.03. The number of thiophene rings is 2. The number of aromatic nitrogens is 2. The average Bonchev–Trinajstić information content (AvgIpc) is 3.84. The highest BCUT2D eigenvalue weighted by Crippen LogP contribution is 2.43. The molecule has 0 bridgehead atoms. The van der Waals surface area contributed by atoms with Crippen molar-refractivity contribution in [1.82, 2.24) is 9.97 Å². The first kappa shape index (κ1) is 34.3. The number of rotatable bonds is 5. The summed E-state index contributed by atoms with van der Waals surface area (Å²) in [5.41, 5.74) is 11.1. The predicted molar refractivity (Wildman–Crippen MR) is 244 cm³/mol. The Balaban J connectivity index is 0.00000189. The fraction of sp³-hybridized carbons (Fsp3) is 0.0769. The van der Waals surface area contributed by atoms with Gasteiger partial charge in [0.05, 0.1) is 11.4 Å². The van der Waals surface area contributed by atoms with Gasteiger partial charge in [0.25, 0.3) is 0 Å². The molecule has 3 heterocycles. The number of nitrogens with zero attached hydrogens (tertiary/aromatic N) is 2. The molecule has 0 saturated carbocycles. The molecule has 56 heavy (non-hydrogen) atoms. The van der Waals surface area contributed by atoms with Gasteiger partial charge in [-0.15, -0.1) is 22.7 Å². The summed E-state index contributed by atoms with van der Waals surface area (Å²) in [6, 6.07) is 57.2. The fourth-order valence-electron chi connectivity index (χ4n) is 8.09. The Morgan fingerprint density at radius 3 is 2.02 bits per heavy atom. The van der Waals surface area contributed by atoms with E-state index >= 15 is 0 Å². The minimum absolute atomic E-state index is 0.721. The minimum Gasteiger partial charge on any atom is -0.228 e. The van der Waals surface area contributed by atoms with Crippen LogP contribution in [0.5, 0.6) is 0 Å². The highest BCUT2D eigenvalue weighted by atomic mass is 32.1. The molecule has 0 fully saturated rings. The fourth-order valence-corrected chi connectivity index (χ4v) is 10.4. The molecule has 0 saturated heterocycles. The molecule has 0 atom stereocenters. The maximum Gasteiger partial charge on any atom is 0.161 e. The number of hydrogen-bond donors (Lipinski definition) is 0. The molecule has 268 valence electrons. The molecule has 0 radical (unpaired) electrons. The maximum absolute atomic E-state index is 5.46. The molecule has 0 aliphatic heterocycles. The van der Waals surface area contributed by atoms with Crippen LogP contribution in [-0.4, -0.2) is 9.97 Å². The normalized spacial score (nSPS) is 12.2. The van der Waals surface area contributed by atoms with Gasteiger partial charge in [-0.25, -0.2) is 9.97 Å². The van der Waals surface area contributed by atoms with Gasteiger partial charge < -0.3 is 0 Å². The van der Waals surface area contributed by atoms with Crippen LogP contribution in [-0.2, 0) is 6.42 Å². The second-order valence-electron chi connectivity index (χ2n) is 14.0. The molecule has 11 rings (SSSR count). The van der Waals surface area contributed by atoms with Crippen molar-refractivity contribution in [3.05, 3.63) is 174 Å². The molecule has 0 N–H and O–H groups in total. The van der Waals surface area contributed by atoms with Crippen molar-refractivity contribution in [1.29, 1.82) is 0 Å². The van der Waals surface area contributed by atoms with E-state index in [-0.39, 0.29) is 0 Å². The molecule has 0 unspecified atom stereocenters. The maximum atomic E-state index is 5.46. The van der Waals surface area contributed by atoms with Crippen LogP contribution in [0.2, 0.25) is 0 Å². The molecule has 0 spiro atoms. The Hall–Kier alpha value is -6.20. The van der Waals surface area contributed by atoms with E-state index in [1.807, 2.05) is 36.5 Å². The summed E-state index contributed by atoms with van der Waals surface area (Å²) in [6.07, 6.45) is 6.87. The largest absolute Gasteiger partial charge is 0.228 e. The zero-order valence-electron chi connectivity index (χ0n) is 31.3. The van der Waals surface area contributed by atoms with E-state index in [1.165, 1.54) is 57.2 Å². The Morgan fingerprint density at radius 2 is 1.12 bits per heavy atom. The number of aryl methyl sites for hydroxylation is 1. The minimum atomic E-state index is 0.721. The van der Waals surface area contributed by atoms with Crippen LogP contribution in [0.3, 0.4) is 0 Å². The van der Waals surface area contributed by atoms with E-state index in [0.717, 1.165) is 63.3 Å². The van der Waals surface area contributed by atoms with Gasteiger partial charge in [-0.3, -0.25) is 0 Å². The standard InChI is InChI=1S/C50H32N2S2.C2H6/c1-2-12-32(13-3-1)44-30-45(52-50(51-44)40-18-10-14-31-11-4-5-15-36(31)40)41-27-33(34-22-25-48-42(28-34)38-16-6-8-19-46(38)53-48)21-24-37(41)35-23-26-49-43(29-35)39-17-7-9-20-47(39)54-49;1-2/h1-8,10-19,21-30H,9,20H2;1-2H3. The van der Waals surface area contributed by atoms with Gasteiger partial charge in [0.2, 0.25) is 0 Å². The van der Waals surface area contributed by atoms with Gasteiger partial charge in [-0.2, -0.15) is 0 Å². The summed E-state index contributed by atoms with van der Waals surface area (Å²) in [7, 11) is 0. The third-order valence-electron chi connectivity index (χ3n) is 10.8. The SMILES string of the molecule is C1=Cc2c(sc3ccc(-c4ccc(-c5ccc6sc7ccccc7c6c5)cc4-c4cc(-c5ccccc5)nc(-c5cccc6ccccc56)n4)cc23)CC1.CC. The highest BCUT2D eigenvalue weighted by molar-refractivity contribution is 7.25. The van der Waals surface area contributed by atoms with Crippen LogP contribution in [0.15, 0.2) is 164 Å². The lowest BCUT2D eigenvalue weighted by molar-refractivity contribution is 1.02. The van der Waals surface area contributed by atoms with E-state index in [4.69, 9.17) is 9.97 Å². The average molecular weight is 755 g/mol. The monoisotopic (exact) mass is 754 g/mol. The second-order valence-corrected chi connectivity index (χ2v) is 16.2. The van der Waals surface area contributed by atoms with Gasteiger partial charge >= 0.3 is 0 Å². The van der Waals surface area contributed by atoms with Crippen LogP contribution in [0.25, 0.3) is 103 Å². The smallest absolute Gasteiger partial charge is 0.161 e. The Labute approximate surface area is 335 Å². The van der Waals surface area contributed by atoms with Crippen molar-refractivity contribution in [2.75, 3.05) is 0 Å². The van der Waals surface area contributed by atoms with Crippen molar-refractivity contribution in [2.45, 2.75) is 26.7 Å². The van der Waals surface area contributed by atoms with Crippen LogP contribution >= 0.6 is 22.7 Å². The van der Waals surface area contributed by atoms with Crippen molar-refractivity contribution in [3.8, 4) is 56.2 Å². The lowest BCUT2D eigenvalue weighted by Gasteiger charge is -2.16. The number of allylic oxidation sites excluding steroid dienone is 1. The zero-order chi connectivity index (χ0) is 37.6. The lowest BCUT2D eigenvalue weighted by Crippen LogP contribution is -1.98. The second kappa shape index (κ2) is 14.5. The van der Waals surface area contributed by atoms with E-state index in [9.17, 15) is 0 Å². The van der Waals surface area contributed by atoms with Crippen molar-refractivity contribution in [2.24, 2.45) is 0 Å². The van der Waals surface area contributed by atoms with Gasteiger partial charge in [-0.05, 0) is 93.9 Å². The van der Waals surface area contributed by atoms with Gasteiger partial charge in [-0.1, -0.05) is 141 Å². The van der Waals surface area contributed by atoms with E-state index in [1.54, 1.807) is 0 Å². The van der Waals surface area contributed by atoms with Crippen molar-refractivity contribution in [3.63, 3.8) is 0 Å². The van der Waals surface area contributed by atoms with Crippen molar-refractivity contribution >= 4 is 69.8 Å². The van der Waals surface area contributed by atoms with E-state index in [2.05, 4.69) is 170 Å². The van der Waals surface area contributed by atoms with Crippen LogP contribution in [0.4, 0.5) is 0 Å². The molecule has 3 aromatic heterocycles. The number of benzene rings is 7. The van der Waals surface area contributed by atoms with Gasteiger partial charge in [0, 0.05) is 51.8 Å². The first-order valence-corrected chi connectivity index (χ1v) is 21.1. The molecule has 1 aliphatic carbocycles. The Morgan fingerprint density at radius 1 is 0.446 bits per heavy atom. The summed E-state index contributed by atoms with van der Waals surface area (Å²) < 4.78 is 3.97. The summed E-state index contributed by atoms with van der Waals surface area (Å²) in [6.45, 7) is 4.00. The van der Waals surface area contributed by atoms with Crippen molar-refractivity contribution < 1.29 is 0 Å². The first-order valence-electron chi connectivity index (χ1n) is 19.4. The molecular weight excluding hydrogens is 717 g/mol. The Bertz CT molecular complexity index is 3110. The van der Waals surface area contributed by atoms with Crippen LogP contribution in [0.1, 0.15) is 30.7 Å². The summed E-state index contributed by atoms with van der Waals surface area (Å²) in [5.74, 6) is 0.721. The van der Waals surface area contributed by atoms with Crippen LogP contribution in [0, 0.1) is 0 Å². The molecule has 7 aromatic carbocycles. The first-order chi connectivity index (χ1) is 27.7. The molecular formula is C52H38N2S2. The molecule has 2 nitrogen and oxygen atoms in total. The number of fused-ring (bicyclic) bond motifs is 7. The molecule has 0 amide bonds. The molecule has 1 aliphatic rings. The molecule has 10 aromatic rings. The lowest BCUT2D eigenvalue weighted by atomic mass is 9.91. The van der Waals surface area contributed by atoms with Gasteiger partial charge in [0.1, 0.15) is 0 Å². The summed E-state index contributed by atoms with van der Waals surface area (Å²) >= 11 is 3.79. The van der Waals surface area contributed by atoms with E-state index < -0.39 is 0 Å². The third-order valence-corrected chi connectivity index (χ3v) is 13.2. The zero-order valence-corrected chi connectivity index (χ0v) is 32.9.